The number of aliphatic hydroxyl groups excluding tert-OH is 1. The van der Waals surface area contributed by atoms with Gasteiger partial charge in [0.25, 0.3) is 0 Å². The number of rotatable bonds is 6. The van der Waals surface area contributed by atoms with Gasteiger partial charge in [0.1, 0.15) is 0 Å². The third-order valence-electron chi connectivity index (χ3n) is 4.54. The van der Waals surface area contributed by atoms with Crippen molar-refractivity contribution in [2.24, 2.45) is 5.92 Å². The van der Waals surface area contributed by atoms with Gasteiger partial charge in [-0.1, -0.05) is 6.92 Å². The highest BCUT2D eigenvalue weighted by molar-refractivity contribution is 4.71. The number of hydrogen-bond donors (Lipinski definition) is 2. The average Bonchev–Trinajstić information content (AvgIpc) is 2.46. The van der Waals surface area contributed by atoms with Crippen LogP contribution in [0, 0.1) is 5.92 Å². The Labute approximate surface area is 123 Å². The Morgan fingerprint density at radius 3 is 2.45 bits per heavy atom. The third-order valence-corrected chi connectivity index (χ3v) is 4.54. The molecule has 20 heavy (non-hydrogen) atoms. The summed E-state index contributed by atoms with van der Waals surface area (Å²) in [6, 6.07) is 0. The number of hydrogen-bond acceptors (Lipinski definition) is 5. The molecule has 1 heterocycles. The monoisotopic (exact) mass is 285 g/mol. The lowest BCUT2D eigenvalue weighted by Crippen LogP contribution is -2.52. The van der Waals surface area contributed by atoms with Crippen LogP contribution in [0.3, 0.4) is 0 Å². The molecule has 2 aliphatic rings. The van der Waals surface area contributed by atoms with Crippen LogP contribution in [0.15, 0.2) is 0 Å². The van der Waals surface area contributed by atoms with Crippen molar-refractivity contribution in [3.63, 3.8) is 0 Å². The zero-order valence-electron chi connectivity index (χ0n) is 13.1. The van der Waals surface area contributed by atoms with Crippen LogP contribution in [0.1, 0.15) is 32.6 Å². The fourth-order valence-corrected chi connectivity index (χ4v) is 2.90. The number of likely N-dealkylation sites (N-methyl/N-ethyl adjacent to an activating group) is 1. The number of piperazine rings is 1. The molecule has 1 unspecified atom stereocenters. The topological polar surface area (TPSA) is 48.0 Å². The molecule has 1 saturated heterocycles. The molecule has 0 spiro atoms. The van der Waals surface area contributed by atoms with E-state index in [0.29, 0.717) is 19.3 Å². The minimum atomic E-state index is -0.408. The molecule has 2 rings (SSSR count). The summed E-state index contributed by atoms with van der Waals surface area (Å²) in [4.78, 5) is 2.32. The fourth-order valence-electron chi connectivity index (χ4n) is 2.90. The molecule has 0 bridgehead atoms. The van der Waals surface area contributed by atoms with Gasteiger partial charge in [0.2, 0.25) is 0 Å². The largest absolute Gasteiger partial charge is 0.389 e. The molecule has 2 fully saturated rings. The minimum absolute atomic E-state index is 0.365. The number of ether oxygens (including phenoxy) is 1. The maximum atomic E-state index is 9.99. The Bertz CT molecular complexity index is 236. The van der Waals surface area contributed by atoms with Crippen molar-refractivity contribution in [2.75, 3.05) is 46.4 Å². The van der Waals surface area contributed by atoms with Crippen molar-refractivity contribution in [3.05, 3.63) is 0 Å². The highest BCUT2D eigenvalue weighted by Crippen LogP contribution is 2.25. The van der Waals surface area contributed by atoms with Crippen LogP contribution in [0.25, 0.3) is 0 Å². The summed E-state index contributed by atoms with van der Waals surface area (Å²) in [6.45, 7) is 7.56. The smallest absolute Gasteiger partial charge is 0.0911 e. The second-order valence-electron chi connectivity index (χ2n) is 6.52. The van der Waals surface area contributed by atoms with Crippen LogP contribution in [-0.2, 0) is 4.74 Å². The van der Waals surface area contributed by atoms with E-state index < -0.39 is 6.10 Å². The molecule has 118 valence electrons. The lowest BCUT2D eigenvalue weighted by Gasteiger charge is -2.33. The maximum Gasteiger partial charge on any atom is 0.0911 e. The Hall–Kier alpha value is -0.200. The number of aliphatic hydroxyl groups is 1. The van der Waals surface area contributed by atoms with Gasteiger partial charge in [-0.15, -0.1) is 0 Å². The molecule has 5 heteroatoms. The molecule has 0 aromatic rings. The summed E-state index contributed by atoms with van der Waals surface area (Å²) in [5.74, 6) is 0.846. The first-order valence-corrected chi connectivity index (χ1v) is 8.10. The van der Waals surface area contributed by atoms with Gasteiger partial charge in [0, 0.05) is 32.7 Å². The quantitative estimate of drug-likeness (QED) is 0.752. The molecule has 1 atom stereocenters. The first kappa shape index (κ1) is 16.2. The SMILES string of the molecule is CC1CCC(OCC(O)CNN2CCN(C)CC2)CC1. The van der Waals surface area contributed by atoms with Crippen molar-refractivity contribution < 1.29 is 9.84 Å². The van der Waals surface area contributed by atoms with Gasteiger partial charge >= 0.3 is 0 Å². The Balaban J connectivity index is 1.53. The van der Waals surface area contributed by atoms with Gasteiger partial charge in [-0.3, -0.25) is 5.43 Å². The lowest BCUT2D eigenvalue weighted by atomic mass is 9.89. The van der Waals surface area contributed by atoms with E-state index in [2.05, 4.69) is 29.3 Å². The van der Waals surface area contributed by atoms with Gasteiger partial charge < -0.3 is 14.7 Å². The van der Waals surface area contributed by atoms with Gasteiger partial charge in [-0.05, 0) is 38.6 Å². The van der Waals surface area contributed by atoms with Crippen molar-refractivity contribution in [3.8, 4) is 0 Å². The van der Waals surface area contributed by atoms with Gasteiger partial charge in [0.15, 0.2) is 0 Å². The maximum absolute atomic E-state index is 9.99. The van der Waals surface area contributed by atoms with E-state index in [9.17, 15) is 5.11 Å². The number of nitrogens with zero attached hydrogens (tertiary/aromatic N) is 2. The van der Waals surface area contributed by atoms with Gasteiger partial charge in [-0.25, -0.2) is 5.01 Å². The predicted molar refractivity (Wildman–Crippen MR) is 80.5 cm³/mol. The highest BCUT2D eigenvalue weighted by Gasteiger charge is 2.20. The Morgan fingerprint density at radius 1 is 1.15 bits per heavy atom. The molecule has 0 aromatic carbocycles. The number of nitrogens with one attached hydrogen (secondary N) is 1. The standard InChI is InChI=1S/C15H31N3O2/c1-13-3-5-15(6-4-13)20-12-14(19)11-16-18-9-7-17(2)8-10-18/h13-16,19H,3-12H2,1-2H3. The summed E-state index contributed by atoms with van der Waals surface area (Å²) in [5, 5.41) is 12.2. The highest BCUT2D eigenvalue weighted by atomic mass is 16.5. The number of hydrazine groups is 1. The summed E-state index contributed by atoms with van der Waals surface area (Å²) in [5.41, 5.74) is 3.31. The minimum Gasteiger partial charge on any atom is -0.389 e. The van der Waals surface area contributed by atoms with Crippen molar-refractivity contribution in [1.82, 2.24) is 15.3 Å². The van der Waals surface area contributed by atoms with E-state index in [0.717, 1.165) is 44.9 Å². The van der Waals surface area contributed by atoms with Crippen molar-refractivity contribution >= 4 is 0 Å². The first-order valence-electron chi connectivity index (χ1n) is 8.10. The Morgan fingerprint density at radius 2 is 1.80 bits per heavy atom. The van der Waals surface area contributed by atoms with Crippen LogP contribution < -0.4 is 5.43 Å². The zero-order chi connectivity index (χ0) is 14.4. The van der Waals surface area contributed by atoms with Gasteiger partial charge in [0.05, 0.1) is 18.8 Å². The van der Waals surface area contributed by atoms with Crippen molar-refractivity contribution in [1.29, 1.82) is 0 Å². The summed E-state index contributed by atoms with van der Waals surface area (Å²) in [7, 11) is 2.14. The summed E-state index contributed by atoms with van der Waals surface area (Å²) in [6.07, 6.45) is 4.79. The predicted octanol–water partition coefficient (Wildman–Crippen LogP) is 0.695. The van der Waals surface area contributed by atoms with Crippen LogP contribution in [0.5, 0.6) is 0 Å². The second-order valence-corrected chi connectivity index (χ2v) is 6.52. The van der Waals surface area contributed by atoms with Crippen LogP contribution in [0.2, 0.25) is 0 Å². The lowest BCUT2D eigenvalue weighted by molar-refractivity contribution is -0.0346. The van der Waals surface area contributed by atoms with Crippen molar-refractivity contribution in [2.45, 2.75) is 44.8 Å². The normalized spacial score (nSPS) is 31.4. The molecule has 1 aliphatic carbocycles. The summed E-state index contributed by atoms with van der Waals surface area (Å²) < 4.78 is 5.83. The molecule has 0 aromatic heterocycles. The summed E-state index contributed by atoms with van der Waals surface area (Å²) >= 11 is 0. The second kappa shape index (κ2) is 8.29. The van der Waals surface area contributed by atoms with E-state index in [-0.39, 0.29) is 0 Å². The van der Waals surface area contributed by atoms with E-state index in [1.165, 1.54) is 12.8 Å². The Kier molecular flexibility index (Phi) is 6.71. The van der Waals surface area contributed by atoms with E-state index >= 15 is 0 Å². The van der Waals surface area contributed by atoms with E-state index in [1.54, 1.807) is 0 Å². The molecule has 1 aliphatic heterocycles. The zero-order valence-corrected chi connectivity index (χ0v) is 13.1. The van der Waals surface area contributed by atoms with E-state index in [1.807, 2.05) is 0 Å². The van der Waals surface area contributed by atoms with Crippen LogP contribution >= 0.6 is 0 Å². The third kappa shape index (κ3) is 5.66. The molecular formula is C15H31N3O2. The van der Waals surface area contributed by atoms with Crippen LogP contribution in [-0.4, -0.2) is 73.6 Å². The van der Waals surface area contributed by atoms with Crippen LogP contribution in [0.4, 0.5) is 0 Å². The fraction of sp³-hybridized carbons (Fsp3) is 1.00. The molecule has 2 N–H and O–H groups in total. The molecule has 5 nitrogen and oxygen atoms in total. The van der Waals surface area contributed by atoms with E-state index in [4.69, 9.17) is 4.74 Å². The first-order chi connectivity index (χ1) is 9.63. The molecule has 1 saturated carbocycles. The average molecular weight is 285 g/mol. The molecular weight excluding hydrogens is 254 g/mol. The van der Waals surface area contributed by atoms with Gasteiger partial charge in [-0.2, -0.15) is 0 Å². The molecule has 0 radical (unpaired) electrons. The molecule has 0 amide bonds.